The van der Waals surface area contributed by atoms with Gasteiger partial charge in [0.2, 0.25) is 0 Å². The van der Waals surface area contributed by atoms with Gasteiger partial charge in [0.25, 0.3) is 11.8 Å². The molecule has 2 aromatic rings. The maximum absolute atomic E-state index is 12.1. The lowest BCUT2D eigenvalue weighted by Gasteiger charge is -2.10. The van der Waals surface area contributed by atoms with Crippen molar-refractivity contribution in [3.8, 4) is 0 Å². The maximum Gasteiger partial charge on any atom is 0.340 e. The molecule has 1 aromatic heterocycles. The number of nitrogens with one attached hydrogen (secondary N) is 1. The van der Waals surface area contributed by atoms with Crippen molar-refractivity contribution in [1.29, 1.82) is 0 Å². The van der Waals surface area contributed by atoms with Crippen molar-refractivity contribution in [2.45, 2.75) is 0 Å². The van der Waals surface area contributed by atoms with Crippen LogP contribution in [0.4, 0.5) is 5.69 Å². The van der Waals surface area contributed by atoms with E-state index in [1.165, 1.54) is 29.5 Å². The Morgan fingerprint density at radius 1 is 1.27 bits per heavy atom. The number of primary amides is 1. The Hall–Kier alpha value is -2.38. The number of anilines is 1. The van der Waals surface area contributed by atoms with Crippen LogP contribution in [-0.2, 0) is 9.53 Å². The Balaban J connectivity index is 2.22. The van der Waals surface area contributed by atoms with Crippen molar-refractivity contribution >= 4 is 46.4 Å². The van der Waals surface area contributed by atoms with Crippen LogP contribution in [0.25, 0.3) is 0 Å². The highest BCUT2D eigenvalue weighted by Gasteiger charge is 2.17. The molecule has 114 valence electrons. The van der Waals surface area contributed by atoms with Gasteiger partial charge in [0.1, 0.15) is 0 Å². The van der Waals surface area contributed by atoms with Gasteiger partial charge in [-0.1, -0.05) is 17.7 Å². The zero-order valence-electron chi connectivity index (χ0n) is 11.2. The minimum absolute atomic E-state index is 0.0792. The summed E-state index contributed by atoms with van der Waals surface area (Å²) in [7, 11) is 0. The molecule has 1 aromatic carbocycles. The number of nitrogens with two attached hydrogens (primary N) is 1. The van der Waals surface area contributed by atoms with E-state index in [2.05, 4.69) is 5.32 Å². The first kappa shape index (κ1) is 16.0. The number of ether oxygens (including phenoxy) is 1. The van der Waals surface area contributed by atoms with E-state index in [1.54, 1.807) is 17.5 Å². The molecule has 0 aliphatic rings. The molecule has 6 nitrogen and oxygen atoms in total. The predicted octanol–water partition coefficient (Wildman–Crippen LogP) is 2.30. The highest BCUT2D eigenvalue weighted by molar-refractivity contribution is 7.12. The Kier molecular flexibility index (Phi) is 5.13. The first-order valence-electron chi connectivity index (χ1n) is 6.07. The SMILES string of the molecule is NC(=O)COC(=O)c1ccc(Cl)cc1NC(=O)c1cccs1. The Morgan fingerprint density at radius 2 is 2.05 bits per heavy atom. The van der Waals surface area contributed by atoms with Gasteiger partial charge >= 0.3 is 5.97 Å². The van der Waals surface area contributed by atoms with Gasteiger partial charge in [-0.3, -0.25) is 9.59 Å². The standard InChI is InChI=1S/C14H11ClN2O4S/c15-8-3-4-9(14(20)21-7-12(16)18)10(6-8)17-13(19)11-2-1-5-22-11/h1-6H,7H2,(H2,16,18)(H,17,19). The second kappa shape index (κ2) is 7.06. The summed E-state index contributed by atoms with van der Waals surface area (Å²) >= 11 is 7.14. The number of halogens is 1. The molecule has 22 heavy (non-hydrogen) atoms. The topological polar surface area (TPSA) is 98.5 Å². The number of rotatable bonds is 5. The van der Waals surface area contributed by atoms with E-state index in [1.807, 2.05) is 0 Å². The Labute approximate surface area is 134 Å². The normalized spacial score (nSPS) is 10.0. The molecule has 0 radical (unpaired) electrons. The number of amides is 2. The summed E-state index contributed by atoms with van der Waals surface area (Å²) in [6, 6.07) is 7.68. The first-order chi connectivity index (χ1) is 10.5. The predicted molar refractivity (Wildman–Crippen MR) is 83.2 cm³/mol. The van der Waals surface area contributed by atoms with Crippen LogP contribution in [0.15, 0.2) is 35.7 Å². The minimum Gasteiger partial charge on any atom is -0.452 e. The van der Waals surface area contributed by atoms with E-state index >= 15 is 0 Å². The van der Waals surface area contributed by atoms with Crippen LogP contribution in [-0.4, -0.2) is 24.4 Å². The monoisotopic (exact) mass is 338 g/mol. The smallest absolute Gasteiger partial charge is 0.340 e. The van der Waals surface area contributed by atoms with Crippen LogP contribution in [0, 0.1) is 0 Å². The largest absolute Gasteiger partial charge is 0.452 e. The summed E-state index contributed by atoms with van der Waals surface area (Å²) in [5, 5.41) is 4.69. The van der Waals surface area contributed by atoms with E-state index in [0.29, 0.717) is 9.90 Å². The number of thiophene rings is 1. The van der Waals surface area contributed by atoms with E-state index in [0.717, 1.165) is 0 Å². The van der Waals surface area contributed by atoms with Gasteiger partial charge in [-0.25, -0.2) is 4.79 Å². The average Bonchev–Trinajstić information content (AvgIpc) is 2.99. The third-order valence-corrected chi connectivity index (χ3v) is 3.64. The lowest BCUT2D eigenvalue weighted by molar-refractivity contribution is -0.121. The van der Waals surface area contributed by atoms with Gasteiger partial charge in [-0.15, -0.1) is 11.3 Å². The molecule has 0 saturated carbocycles. The third kappa shape index (κ3) is 4.06. The van der Waals surface area contributed by atoms with Gasteiger partial charge in [0.05, 0.1) is 16.1 Å². The Bertz CT molecular complexity index is 716. The minimum atomic E-state index is -0.781. The van der Waals surface area contributed by atoms with Crippen LogP contribution < -0.4 is 11.1 Å². The molecule has 3 N–H and O–H groups in total. The molecule has 0 aliphatic carbocycles. The van der Waals surface area contributed by atoms with Crippen molar-refractivity contribution < 1.29 is 19.1 Å². The molecule has 0 aliphatic heterocycles. The third-order valence-electron chi connectivity index (χ3n) is 2.54. The van der Waals surface area contributed by atoms with Crippen molar-refractivity contribution in [2.24, 2.45) is 5.73 Å². The van der Waals surface area contributed by atoms with Crippen LogP contribution in [0.3, 0.4) is 0 Å². The molecular weight excluding hydrogens is 328 g/mol. The number of esters is 1. The van der Waals surface area contributed by atoms with E-state index in [9.17, 15) is 14.4 Å². The fraction of sp³-hybridized carbons (Fsp3) is 0.0714. The summed E-state index contributed by atoms with van der Waals surface area (Å²) in [4.78, 5) is 35.1. The highest BCUT2D eigenvalue weighted by atomic mass is 35.5. The molecular formula is C14H11ClN2O4S. The fourth-order valence-electron chi connectivity index (χ4n) is 1.60. The second-order valence-corrected chi connectivity index (χ2v) is 5.55. The number of hydrogen-bond acceptors (Lipinski definition) is 5. The summed E-state index contributed by atoms with van der Waals surface area (Å²) in [6.45, 7) is -0.542. The fourth-order valence-corrected chi connectivity index (χ4v) is 2.40. The Morgan fingerprint density at radius 3 is 2.68 bits per heavy atom. The zero-order valence-corrected chi connectivity index (χ0v) is 12.7. The van der Waals surface area contributed by atoms with E-state index in [-0.39, 0.29) is 17.2 Å². The molecule has 8 heteroatoms. The molecule has 0 unspecified atom stereocenters. The lowest BCUT2D eigenvalue weighted by Crippen LogP contribution is -2.22. The summed E-state index contributed by atoms with van der Waals surface area (Å²) in [6.07, 6.45) is 0. The summed E-state index contributed by atoms with van der Waals surface area (Å²) in [5.74, 6) is -1.93. The number of hydrogen-bond donors (Lipinski definition) is 2. The van der Waals surface area contributed by atoms with E-state index in [4.69, 9.17) is 22.1 Å². The van der Waals surface area contributed by atoms with Crippen LogP contribution in [0.2, 0.25) is 5.02 Å². The van der Waals surface area contributed by atoms with Gasteiger partial charge in [0, 0.05) is 5.02 Å². The number of carbonyl (C=O) groups is 3. The van der Waals surface area contributed by atoms with Gasteiger partial charge in [-0.05, 0) is 29.6 Å². The molecule has 2 amide bonds. The van der Waals surface area contributed by atoms with Crippen molar-refractivity contribution in [2.75, 3.05) is 11.9 Å². The molecule has 0 bridgehead atoms. The highest BCUT2D eigenvalue weighted by Crippen LogP contribution is 2.23. The molecule has 0 atom stereocenters. The van der Waals surface area contributed by atoms with Crippen LogP contribution >= 0.6 is 22.9 Å². The van der Waals surface area contributed by atoms with Gasteiger partial charge < -0.3 is 15.8 Å². The maximum atomic E-state index is 12.1. The zero-order chi connectivity index (χ0) is 16.1. The molecule has 0 fully saturated rings. The average molecular weight is 339 g/mol. The second-order valence-electron chi connectivity index (χ2n) is 4.16. The van der Waals surface area contributed by atoms with Crippen molar-refractivity contribution in [1.82, 2.24) is 0 Å². The lowest BCUT2D eigenvalue weighted by atomic mass is 10.1. The summed E-state index contributed by atoms with van der Waals surface area (Å²) < 4.78 is 4.74. The number of benzene rings is 1. The van der Waals surface area contributed by atoms with E-state index < -0.39 is 18.5 Å². The van der Waals surface area contributed by atoms with Crippen LogP contribution in [0.5, 0.6) is 0 Å². The van der Waals surface area contributed by atoms with Gasteiger partial charge in [0.15, 0.2) is 6.61 Å². The molecule has 0 spiro atoms. The molecule has 2 rings (SSSR count). The quantitative estimate of drug-likeness (QED) is 0.817. The summed E-state index contributed by atoms with van der Waals surface area (Å²) in [5.41, 5.74) is 5.19. The van der Waals surface area contributed by atoms with Crippen molar-refractivity contribution in [3.05, 3.63) is 51.2 Å². The number of carbonyl (C=O) groups excluding carboxylic acids is 3. The first-order valence-corrected chi connectivity index (χ1v) is 7.33. The molecule has 1 heterocycles. The van der Waals surface area contributed by atoms with Crippen molar-refractivity contribution in [3.63, 3.8) is 0 Å². The van der Waals surface area contributed by atoms with Gasteiger partial charge in [-0.2, -0.15) is 0 Å². The molecule has 0 saturated heterocycles. The van der Waals surface area contributed by atoms with Crippen LogP contribution in [0.1, 0.15) is 20.0 Å².